The summed E-state index contributed by atoms with van der Waals surface area (Å²) in [6, 6.07) is 5.41. The third-order valence-corrected chi connectivity index (χ3v) is 7.10. The molecule has 0 aliphatic heterocycles. The van der Waals surface area contributed by atoms with E-state index >= 15 is 0 Å². The molecule has 0 radical (unpaired) electrons. The van der Waals surface area contributed by atoms with Crippen LogP contribution in [0.2, 0.25) is 0 Å². The summed E-state index contributed by atoms with van der Waals surface area (Å²) in [7, 11) is -3.41. The summed E-state index contributed by atoms with van der Waals surface area (Å²) in [6.45, 7) is 8.41. The third-order valence-electron chi connectivity index (χ3n) is 4.95. The molecule has 2 heterocycles. The molecule has 1 aromatic carbocycles. The Balaban J connectivity index is 0.00000363. The highest BCUT2D eigenvalue weighted by atomic mass is 32.2. The molecule has 3 aromatic rings. The van der Waals surface area contributed by atoms with Gasteiger partial charge in [0.1, 0.15) is 5.65 Å². The summed E-state index contributed by atoms with van der Waals surface area (Å²) in [5.41, 5.74) is 0.104. The van der Waals surface area contributed by atoms with E-state index in [4.69, 9.17) is 0 Å². The van der Waals surface area contributed by atoms with Gasteiger partial charge in [-0.15, -0.1) is 0 Å². The average Bonchev–Trinajstić information content (AvgIpc) is 2.68. The maximum atomic E-state index is 13.3. The van der Waals surface area contributed by atoms with Gasteiger partial charge < -0.3 is 5.32 Å². The van der Waals surface area contributed by atoms with Crippen molar-refractivity contribution in [3.05, 3.63) is 51.9 Å². The van der Waals surface area contributed by atoms with Crippen molar-refractivity contribution in [3.63, 3.8) is 0 Å². The number of hydrogen-bond donors (Lipinski definition) is 1. The van der Waals surface area contributed by atoms with Gasteiger partial charge in [0.2, 0.25) is 5.95 Å². The fourth-order valence-corrected chi connectivity index (χ4v) is 4.33. The van der Waals surface area contributed by atoms with Crippen LogP contribution in [0.4, 0.5) is 20.4 Å². The lowest BCUT2D eigenvalue weighted by Gasteiger charge is -2.16. The lowest BCUT2D eigenvalue weighted by molar-refractivity contribution is 0.149. The van der Waals surface area contributed by atoms with Gasteiger partial charge in [-0.05, 0) is 64.4 Å². The fourth-order valence-electron chi connectivity index (χ4n) is 3.18. The second kappa shape index (κ2) is 8.33. The largest absolute Gasteiger partial charge is 0.324 e. The van der Waals surface area contributed by atoms with E-state index in [1.165, 1.54) is 16.8 Å². The summed E-state index contributed by atoms with van der Waals surface area (Å²) in [5, 5.41) is 2.80. The van der Waals surface area contributed by atoms with E-state index < -0.39 is 38.7 Å². The Bertz CT molecular complexity index is 1310. The van der Waals surface area contributed by atoms with Crippen molar-refractivity contribution in [3.8, 4) is 0 Å². The van der Waals surface area contributed by atoms with Crippen LogP contribution in [0, 0.1) is 6.92 Å². The second-order valence-electron chi connectivity index (χ2n) is 7.84. The quantitative estimate of drug-likeness (QED) is 0.578. The normalized spacial score (nSPS) is 12.3. The summed E-state index contributed by atoms with van der Waals surface area (Å²) < 4.78 is 52.5. The summed E-state index contributed by atoms with van der Waals surface area (Å²) in [6.07, 6.45) is -1.52. The molecule has 2 aromatic heterocycles. The molecule has 31 heavy (non-hydrogen) atoms. The van der Waals surface area contributed by atoms with E-state index in [1.807, 2.05) is 0 Å². The predicted octanol–water partition coefficient (Wildman–Crippen LogP) is 4.79. The standard InChI is InChI=1S/C21H24F2N4O3S.H2/c1-11(2)27-19-14(9-16(18(22)23)20(27)28)10-24-21(26-19)25-17-7-6-15(8-13(17)5)31(29,30)12(3)4;/h6-12,18H,1-5H3,(H,24,25,26);1H. The van der Waals surface area contributed by atoms with Crippen molar-refractivity contribution in [1.29, 1.82) is 0 Å². The van der Waals surface area contributed by atoms with Gasteiger partial charge in [0.05, 0.1) is 15.7 Å². The number of aromatic nitrogens is 3. The fraction of sp³-hybridized carbons (Fsp3) is 0.381. The molecule has 1 N–H and O–H groups in total. The van der Waals surface area contributed by atoms with Gasteiger partial charge in [0, 0.05) is 24.7 Å². The molecular formula is C21H26F2N4O3S. The molecule has 0 saturated heterocycles. The number of benzene rings is 1. The first-order valence-electron chi connectivity index (χ1n) is 9.75. The minimum absolute atomic E-state index is 0. The van der Waals surface area contributed by atoms with Crippen LogP contribution < -0.4 is 10.9 Å². The number of nitrogens with zero attached hydrogens (tertiary/aromatic N) is 3. The Labute approximate surface area is 180 Å². The van der Waals surface area contributed by atoms with Crippen LogP contribution in [0.5, 0.6) is 0 Å². The summed E-state index contributed by atoms with van der Waals surface area (Å²) in [5.74, 6) is 0.161. The molecule has 0 aliphatic rings. The first-order chi connectivity index (χ1) is 14.4. The van der Waals surface area contributed by atoms with Gasteiger partial charge in [-0.25, -0.2) is 22.2 Å². The minimum Gasteiger partial charge on any atom is -0.324 e. The zero-order valence-corrected chi connectivity index (χ0v) is 18.7. The highest BCUT2D eigenvalue weighted by Gasteiger charge is 2.21. The highest BCUT2D eigenvalue weighted by Crippen LogP contribution is 2.26. The Hall–Kier alpha value is -2.88. The lowest BCUT2D eigenvalue weighted by Crippen LogP contribution is -2.26. The van der Waals surface area contributed by atoms with E-state index in [9.17, 15) is 22.0 Å². The number of nitrogens with one attached hydrogen (secondary N) is 1. The third kappa shape index (κ3) is 4.30. The summed E-state index contributed by atoms with van der Waals surface area (Å²) >= 11 is 0. The van der Waals surface area contributed by atoms with Crippen LogP contribution in [0.1, 0.15) is 52.7 Å². The predicted molar refractivity (Wildman–Crippen MR) is 118 cm³/mol. The Morgan fingerprint density at radius 1 is 1.13 bits per heavy atom. The first kappa shape index (κ1) is 22.8. The molecule has 10 heteroatoms. The number of fused-ring (bicyclic) bond motifs is 1. The topological polar surface area (TPSA) is 94.0 Å². The Morgan fingerprint density at radius 2 is 1.81 bits per heavy atom. The molecule has 0 saturated carbocycles. The number of alkyl halides is 2. The minimum atomic E-state index is -3.41. The number of hydrogen-bond acceptors (Lipinski definition) is 6. The lowest BCUT2D eigenvalue weighted by atomic mass is 10.2. The second-order valence-corrected chi connectivity index (χ2v) is 10.3. The molecule has 0 spiro atoms. The van der Waals surface area contributed by atoms with Gasteiger partial charge in [-0.1, -0.05) is 0 Å². The molecule has 3 rings (SSSR count). The number of pyridine rings is 1. The highest BCUT2D eigenvalue weighted by molar-refractivity contribution is 7.92. The average molecular weight is 453 g/mol. The maximum absolute atomic E-state index is 13.3. The molecule has 0 unspecified atom stereocenters. The molecular weight excluding hydrogens is 426 g/mol. The SMILES string of the molecule is Cc1cc(S(=O)(=O)C(C)C)ccc1Nc1ncc2cc(C(F)F)c(=O)n(C(C)C)c2n1.[HH]. The van der Waals surface area contributed by atoms with Gasteiger partial charge >= 0.3 is 0 Å². The maximum Gasteiger partial charge on any atom is 0.269 e. The van der Waals surface area contributed by atoms with E-state index in [1.54, 1.807) is 46.8 Å². The first-order valence-corrected chi connectivity index (χ1v) is 11.3. The van der Waals surface area contributed by atoms with Crippen LogP contribution >= 0.6 is 0 Å². The van der Waals surface area contributed by atoms with E-state index in [-0.39, 0.29) is 17.9 Å². The number of rotatable bonds is 6. The van der Waals surface area contributed by atoms with Gasteiger partial charge in [-0.2, -0.15) is 4.98 Å². The van der Waals surface area contributed by atoms with Crippen molar-refractivity contribution in [2.75, 3.05) is 5.32 Å². The molecule has 0 aliphatic carbocycles. The van der Waals surface area contributed by atoms with Crippen molar-refractivity contribution >= 4 is 32.5 Å². The van der Waals surface area contributed by atoms with Crippen molar-refractivity contribution in [2.45, 2.75) is 57.2 Å². The zero-order valence-electron chi connectivity index (χ0n) is 17.8. The van der Waals surface area contributed by atoms with Gasteiger partial charge in [0.25, 0.3) is 12.0 Å². The number of sulfone groups is 1. The number of aryl methyl sites for hydroxylation is 1. The molecule has 7 nitrogen and oxygen atoms in total. The van der Waals surface area contributed by atoms with E-state index in [0.717, 1.165) is 6.07 Å². The molecule has 168 valence electrons. The smallest absolute Gasteiger partial charge is 0.269 e. The van der Waals surface area contributed by atoms with E-state index in [2.05, 4.69) is 15.3 Å². The van der Waals surface area contributed by atoms with Crippen LogP contribution in [0.25, 0.3) is 11.0 Å². The van der Waals surface area contributed by atoms with Crippen molar-refractivity contribution in [1.82, 2.24) is 14.5 Å². The Kier molecular flexibility index (Phi) is 6.13. The van der Waals surface area contributed by atoms with Crippen LogP contribution in [0.3, 0.4) is 0 Å². The van der Waals surface area contributed by atoms with Crippen molar-refractivity contribution in [2.24, 2.45) is 0 Å². The molecule has 0 atom stereocenters. The number of anilines is 2. The van der Waals surface area contributed by atoms with Crippen LogP contribution in [0.15, 0.2) is 40.2 Å². The number of halogens is 2. The molecule has 0 bridgehead atoms. The van der Waals surface area contributed by atoms with Gasteiger partial charge in [-0.3, -0.25) is 9.36 Å². The Morgan fingerprint density at radius 3 is 2.35 bits per heavy atom. The van der Waals surface area contributed by atoms with Crippen LogP contribution in [-0.2, 0) is 9.84 Å². The van der Waals surface area contributed by atoms with Crippen molar-refractivity contribution < 1.29 is 18.6 Å². The van der Waals surface area contributed by atoms with E-state index in [0.29, 0.717) is 16.6 Å². The van der Waals surface area contributed by atoms with Gasteiger partial charge in [0.15, 0.2) is 9.84 Å². The summed E-state index contributed by atoms with van der Waals surface area (Å²) in [4.78, 5) is 21.3. The molecule has 0 amide bonds. The monoisotopic (exact) mass is 452 g/mol. The zero-order chi connectivity index (χ0) is 23.1. The molecule has 0 fully saturated rings. The van der Waals surface area contributed by atoms with Crippen LogP contribution in [-0.4, -0.2) is 28.2 Å².